The topological polar surface area (TPSA) is 27.8 Å². The van der Waals surface area contributed by atoms with E-state index in [1.165, 1.54) is 25.0 Å². The minimum atomic E-state index is 0.479. The second-order valence-electron chi connectivity index (χ2n) is 5.01. The molecule has 1 atom stereocenters. The van der Waals surface area contributed by atoms with E-state index in [-0.39, 0.29) is 0 Å². The number of nitrogens with one attached hydrogen (secondary N) is 2. The summed E-state index contributed by atoms with van der Waals surface area (Å²) in [5.41, 5.74) is 1.76. The van der Waals surface area contributed by atoms with Gasteiger partial charge in [0.1, 0.15) is 0 Å². The van der Waals surface area contributed by atoms with Crippen LogP contribution in [0.25, 0.3) is 0 Å². The van der Waals surface area contributed by atoms with Gasteiger partial charge in [0.05, 0.1) is 0 Å². The van der Waals surface area contributed by atoms with Crippen molar-refractivity contribution in [3.05, 3.63) is 24.0 Å². The second kappa shape index (κ2) is 3.77. The molecule has 0 spiro atoms. The first-order chi connectivity index (χ1) is 6.68. The van der Waals surface area contributed by atoms with E-state index in [0.717, 1.165) is 6.54 Å². The quantitative estimate of drug-likeness (QED) is 0.757. The maximum atomic E-state index is 3.64. The first-order valence-electron chi connectivity index (χ1n) is 5.54. The van der Waals surface area contributed by atoms with Gasteiger partial charge in [0.25, 0.3) is 0 Å². The van der Waals surface area contributed by atoms with Gasteiger partial charge >= 0.3 is 0 Å². The molecule has 2 heteroatoms. The van der Waals surface area contributed by atoms with Crippen LogP contribution in [0.4, 0.5) is 0 Å². The molecule has 14 heavy (non-hydrogen) atoms. The molecule has 0 radical (unpaired) electrons. The Bertz CT molecular complexity index is 275. The average Bonchev–Trinajstić information content (AvgIpc) is 2.71. The fraction of sp³-hybridized carbons (Fsp3) is 0.667. The van der Waals surface area contributed by atoms with Crippen LogP contribution in [-0.2, 0) is 6.54 Å². The molecule has 1 aliphatic rings. The van der Waals surface area contributed by atoms with Gasteiger partial charge in [0, 0.05) is 24.5 Å². The van der Waals surface area contributed by atoms with Crippen LogP contribution >= 0.6 is 0 Å². The summed E-state index contributed by atoms with van der Waals surface area (Å²) in [6.07, 6.45) is 6.04. The lowest BCUT2D eigenvalue weighted by molar-refractivity contribution is 0.282. The molecule has 0 amide bonds. The van der Waals surface area contributed by atoms with Gasteiger partial charge < -0.3 is 10.3 Å². The normalized spacial score (nSPS) is 25.4. The Kier molecular flexibility index (Phi) is 2.64. The van der Waals surface area contributed by atoms with Crippen LogP contribution in [0, 0.1) is 5.41 Å². The van der Waals surface area contributed by atoms with Gasteiger partial charge in [-0.05, 0) is 30.4 Å². The lowest BCUT2D eigenvalue weighted by Crippen LogP contribution is -2.37. The fourth-order valence-corrected chi connectivity index (χ4v) is 2.42. The van der Waals surface area contributed by atoms with Gasteiger partial charge in [-0.15, -0.1) is 0 Å². The third-order valence-electron chi connectivity index (χ3n) is 3.46. The Labute approximate surface area is 86.1 Å². The summed E-state index contributed by atoms with van der Waals surface area (Å²) in [5.74, 6) is 0. The highest BCUT2D eigenvalue weighted by atomic mass is 15.0. The molecule has 2 N–H and O–H groups in total. The van der Waals surface area contributed by atoms with Crippen molar-refractivity contribution in [1.29, 1.82) is 0 Å². The molecule has 1 aromatic rings. The highest BCUT2D eigenvalue weighted by Gasteiger charge is 2.33. The highest BCUT2D eigenvalue weighted by Crippen LogP contribution is 2.37. The van der Waals surface area contributed by atoms with E-state index in [4.69, 9.17) is 0 Å². The Hall–Kier alpha value is -0.760. The van der Waals surface area contributed by atoms with Crippen molar-refractivity contribution >= 4 is 0 Å². The monoisotopic (exact) mass is 192 g/mol. The molecule has 0 saturated heterocycles. The lowest BCUT2D eigenvalue weighted by Gasteiger charge is -2.27. The van der Waals surface area contributed by atoms with Crippen molar-refractivity contribution in [2.24, 2.45) is 5.41 Å². The summed E-state index contributed by atoms with van der Waals surface area (Å²) in [7, 11) is 0. The summed E-state index contributed by atoms with van der Waals surface area (Å²) in [6.45, 7) is 5.71. The van der Waals surface area contributed by atoms with Crippen LogP contribution in [-0.4, -0.2) is 11.0 Å². The molecule has 1 aliphatic carbocycles. The van der Waals surface area contributed by atoms with Gasteiger partial charge in [0.15, 0.2) is 0 Å². The molecule has 2 rings (SSSR count). The number of hydrogen-bond donors (Lipinski definition) is 2. The Morgan fingerprint density at radius 2 is 2.43 bits per heavy atom. The standard InChI is InChI=1S/C12H20N2/c1-12(2)7-3-6-11(12)14-9-10-5-4-8-13-10/h4-5,8,11,13-14H,3,6-7,9H2,1-2H3. The van der Waals surface area contributed by atoms with E-state index in [9.17, 15) is 0 Å². The highest BCUT2D eigenvalue weighted by molar-refractivity contribution is 5.04. The summed E-state index contributed by atoms with van der Waals surface area (Å²) in [5, 5.41) is 3.64. The summed E-state index contributed by atoms with van der Waals surface area (Å²) in [4.78, 5) is 3.23. The van der Waals surface area contributed by atoms with Crippen molar-refractivity contribution in [1.82, 2.24) is 10.3 Å². The van der Waals surface area contributed by atoms with E-state index >= 15 is 0 Å². The molecule has 0 bridgehead atoms. The molecule has 1 unspecified atom stereocenters. The van der Waals surface area contributed by atoms with Crippen molar-refractivity contribution in [3.63, 3.8) is 0 Å². The molecule has 78 valence electrons. The number of aromatic nitrogens is 1. The molecule has 1 heterocycles. The SMILES string of the molecule is CC1(C)CCCC1NCc1ccc[nH]1. The molecule has 0 aliphatic heterocycles. The average molecular weight is 192 g/mol. The number of aromatic amines is 1. The molecule has 1 aromatic heterocycles. The Morgan fingerprint density at radius 1 is 1.57 bits per heavy atom. The van der Waals surface area contributed by atoms with Gasteiger partial charge in [-0.25, -0.2) is 0 Å². The second-order valence-corrected chi connectivity index (χ2v) is 5.01. The molecule has 0 aromatic carbocycles. The van der Waals surface area contributed by atoms with Crippen LogP contribution in [0.2, 0.25) is 0 Å². The molecular formula is C12H20N2. The predicted octanol–water partition coefficient (Wildman–Crippen LogP) is 2.68. The van der Waals surface area contributed by atoms with Crippen molar-refractivity contribution in [2.45, 2.75) is 45.7 Å². The Morgan fingerprint density at radius 3 is 3.00 bits per heavy atom. The molecule has 1 fully saturated rings. The molecular weight excluding hydrogens is 172 g/mol. The zero-order valence-electron chi connectivity index (χ0n) is 9.14. The van der Waals surface area contributed by atoms with Gasteiger partial charge in [0.2, 0.25) is 0 Å². The summed E-state index contributed by atoms with van der Waals surface area (Å²) < 4.78 is 0. The van der Waals surface area contributed by atoms with Crippen molar-refractivity contribution in [2.75, 3.05) is 0 Å². The zero-order valence-corrected chi connectivity index (χ0v) is 9.14. The third kappa shape index (κ3) is 2.01. The maximum absolute atomic E-state index is 3.64. The first-order valence-corrected chi connectivity index (χ1v) is 5.54. The molecule has 2 nitrogen and oxygen atoms in total. The summed E-state index contributed by atoms with van der Waals surface area (Å²) >= 11 is 0. The van der Waals surface area contributed by atoms with Crippen molar-refractivity contribution < 1.29 is 0 Å². The van der Waals surface area contributed by atoms with E-state index in [0.29, 0.717) is 11.5 Å². The van der Waals surface area contributed by atoms with Gasteiger partial charge in [-0.2, -0.15) is 0 Å². The summed E-state index contributed by atoms with van der Waals surface area (Å²) in [6, 6.07) is 4.87. The van der Waals surface area contributed by atoms with Gasteiger partial charge in [-0.3, -0.25) is 0 Å². The van der Waals surface area contributed by atoms with Crippen LogP contribution in [0.3, 0.4) is 0 Å². The third-order valence-corrected chi connectivity index (χ3v) is 3.46. The predicted molar refractivity (Wildman–Crippen MR) is 59.1 cm³/mol. The molecule has 1 saturated carbocycles. The van der Waals surface area contributed by atoms with Crippen LogP contribution in [0.5, 0.6) is 0 Å². The van der Waals surface area contributed by atoms with E-state index in [2.05, 4.69) is 36.3 Å². The van der Waals surface area contributed by atoms with E-state index in [1.807, 2.05) is 6.20 Å². The first kappa shape index (κ1) is 9.78. The van der Waals surface area contributed by atoms with Crippen LogP contribution in [0.15, 0.2) is 18.3 Å². The fourth-order valence-electron chi connectivity index (χ4n) is 2.42. The zero-order chi connectivity index (χ0) is 10.0. The van der Waals surface area contributed by atoms with E-state index in [1.54, 1.807) is 0 Å². The van der Waals surface area contributed by atoms with Crippen molar-refractivity contribution in [3.8, 4) is 0 Å². The van der Waals surface area contributed by atoms with Crippen LogP contribution < -0.4 is 5.32 Å². The maximum Gasteiger partial charge on any atom is 0.0359 e. The minimum Gasteiger partial charge on any atom is -0.364 e. The number of hydrogen-bond acceptors (Lipinski definition) is 1. The van der Waals surface area contributed by atoms with Gasteiger partial charge in [-0.1, -0.05) is 20.3 Å². The lowest BCUT2D eigenvalue weighted by atomic mass is 9.87. The largest absolute Gasteiger partial charge is 0.364 e. The van der Waals surface area contributed by atoms with Crippen LogP contribution in [0.1, 0.15) is 38.8 Å². The number of H-pyrrole nitrogens is 1. The van der Waals surface area contributed by atoms with E-state index < -0.39 is 0 Å². The smallest absolute Gasteiger partial charge is 0.0359 e. The minimum absolute atomic E-state index is 0.479. The Balaban J connectivity index is 1.86. The number of rotatable bonds is 3.